The maximum Gasteiger partial charge on any atom is 0.325 e. The molecule has 0 aliphatic carbocycles. The molecule has 0 aliphatic rings. The van der Waals surface area contributed by atoms with E-state index < -0.39 is 6.04 Å². The highest BCUT2D eigenvalue weighted by atomic mass is 16.5. The third kappa shape index (κ3) is 4.00. The third-order valence-electron chi connectivity index (χ3n) is 2.19. The molecule has 1 aromatic carbocycles. The number of hydrogen-bond acceptors (Lipinski definition) is 4. The first-order valence-electron chi connectivity index (χ1n) is 5.14. The zero-order valence-electron chi connectivity index (χ0n) is 9.60. The molecule has 0 fully saturated rings. The average Bonchev–Trinajstić information content (AvgIpc) is 2.34. The van der Waals surface area contributed by atoms with Crippen molar-refractivity contribution in [1.29, 1.82) is 0 Å². The normalized spacial score (nSPS) is 12.1. The summed E-state index contributed by atoms with van der Waals surface area (Å²) in [4.78, 5) is 11.6. The predicted octanol–water partition coefficient (Wildman–Crippen LogP) is 0.964. The second-order valence-electron chi connectivity index (χ2n) is 3.39. The van der Waals surface area contributed by atoms with Crippen LogP contribution in [0.15, 0.2) is 30.3 Å². The highest BCUT2D eigenvalue weighted by Gasteiger charge is 2.17. The first kappa shape index (κ1) is 12.7. The molecule has 1 N–H and O–H groups in total. The molecule has 0 radical (unpaired) electrons. The van der Waals surface area contributed by atoms with Crippen LogP contribution in [0, 0.1) is 0 Å². The lowest BCUT2D eigenvalue weighted by atomic mass is 10.2. The number of rotatable bonds is 6. The van der Waals surface area contributed by atoms with Crippen molar-refractivity contribution in [1.82, 2.24) is 5.32 Å². The van der Waals surface area contributed by atoms with Gasteiger partial charge in [0.15, 0.2) is 0 Å². The Morgan fingerprint density at radius 1 is 1.38 bits per heavy atom. The summed E-state index contributed by atoms with van der Waals surface area (Å²) < 4.78 is 10.1. The summed E-state index contributed by atoms with van der Waals surface area (Å²) in [6, 6.07) is 9.17. The second-order valence-corrected chi connectivity index (χ2v) is 3.39. The average molecular weight is 223 g/mol. The molecule has 0 saturated heterocycles. The Kier molecular flexibility index (Phi) is 5.53. The van der Waals surface area contributed by atoms with Crippen molar-refractivity contribution in [3.05, 3.63) is 35.9 Å². The van der Waals surface area contributed by atoms with Gasteiger partial charge in [0.05, 0.1) is 6.61 Å². The summed E-state index contributed by atoms with van der Waals surface area (Å²) in [6.07, 6.45) is 0. The van der Waals surface area contributed by atoms with E-state index in [1.807, 2.05) is 30.3 Å². The number of methoxy groups -OCH3 is 1. The second kappa shape index (κ2) is 6.98. The van der Waals surface area contributed by atoms with Crippen LogP contribution in [0.25, 0.3) is 0 Å². The van der Waals surface area contributed by atoms with Crippen LogP contribution >= 0.6 is 0 Å². The zero-order valence-corrected chi connectivity index (χ0v) is 9.60. The van der Waals surface area contributed by atoms with E-state index in [0.717, 1.165) is 5.56 Å². The zero-order chi connectivity index (χ0) is 11.8. The van der Waals surface area contributed by atoms with Gasteiger partial charge in [-0.25, -0.2) is 0 Å². The molecule has 0 bridgehead atoms. The van der Waals surface area contributed by atoms with E-state index in [-0.39, 0.29) is 5.97 Å². The fraction of sp³-hybridized carbons (Fsp3) is 0.417. The molecule has 16 heavy (non-hydrogen) atoms. The van der Waals surface area contributed by atoms with Gasteiger partial charge in [-0.1, -0.05) is 30.3 Å². The molecule has 1 rings (SSSR count). The number of esters is 1. The molecule has 1 atom stereocenters. The van der Waals surface area contributed by atoms with Crippen molar-refractivity contribution >= 4 is 5.97 Å². The lowest BCUT2D eigenvalue weighted by Crippen LogP contribution is -2.39. The molecule has 88 valence electrons. The predicted molar refractivity (Wildman–Crippen MR) is 61.0 cm³/mol. The third-order valence-corrected chi connectivity index (χ3v) is 2.19. The van der Waals surface area contributed by atoms with Crippen molar-refractivity contribution in [2.24, 2.45) is 0 Å². The van der Waals surface area contributed by atoms with Crippen molar-refractivity contribution in [2.75, 3.05) is 20.8 Å². The van der Waals surface area contributed by atoms with Crippen molar-refractivity contribution in [3.63, 3.8) is 0 Å². The summed E-state index contributed by atoms with van der Waals surface area (Å²) in [5.74, 6) is -0.298. The number of carbonyl (C=O) groups excluding carboxylic acids is 1. The highest BCUT2D eigenvalue weighted by Crippen LogP contribution is 2.01. The smallest absolute Gasteiger partial charge is 0.325 e. The monoisotopic (exact) mass is 223 g/mol. The minimum absolute atomic E-state index is 0.293. The molecule has 0 heterocycles. The Balaban J connectivity index is 2.40. The Labute approximate surface area is 95.6 Å². The Morgan fingerprint density at radius 3 is 2.62 bits per heavy atom. The first-order chi connectivity index (χ1) is 7.77. The molecular weight excluding hydrogens is 206 g/mol. The van der Waals surface area contributed by atoms with E-state index in [4.69, 9.17) is 9.47 Å². The van der Waals surface area contributed by atoms with Gasteiger partial charge in [-0.15, -0.1) is 0 Å². The summed E-state index contributed by atoms with van der Waals surface area (Å²) in [5.41, 5.74) is 0.975. The number of hydrogen-bond donors (Lipinski definition) is 1. The summed E-state index contributed by atoms with van der Waals surface area (Å²) in [5, 5.41) is 2.84. The Bertz CT molecular complexity index is 313. The molecular formula is C12H17NO3. The lowest BCUT2D eigenvalue weighted by Gasteiger charge is -2.14. The Morgan fingerprint density at radius 2 is 2.06 bits per heavy atom. The Hall–Kier alpha value is -1.39. The van der Waals surface area contributed by atoms with Crippen LogP contribution in [-0.4, -0.2) is 32.8 Å². The van der Waals surface area contributed by atoms with Gasteiger partial charge >= 0.3 is 5.97 Å². The van der Waals surface area contributed by atoms with Crippen molar-refractivity contribution < 1.29 is 14.3 Å². The standard InChI is InChI=1S/C12H17NO3/c1-13-11(9-15-2)12(14)16-8-10-6-4-3-5-7-10/h3-7,11,13H,8-9H2,1-2H3. The highest BCUT2D eigenvalue weighted by molar-refractivity contribution is 5.75. The van der Waals surface area contributed by atoms with E-state index in [1.54, 1.807) is 14.2 Å². The van der Waals surface area contributed by atoms with Gasteiger partial charge in [0.1, 0.15) is 12.6 Å². The minimum atomic E-state index is -0.409. The molecule has 4 nitrogen and oxygen atoms in total. The van der Waals surface area contributed by atoms with Gasteiger partial charge < -0.3 is 14.8 Å². The summed E-state index contributed by atoms with van der Waals surface area (Å²) in [7, 11) is 3.25. The topological polar surface area (TPSA) is 47.6 Å². The largest absolute Gasteiger partial charge is 0.460 e. The fourth-order valence-corrected chi connectivity index (χ4v) is 1.27. The van der Waals surface area contributed by atoms with Gasteiger partial charge in [0.25, 0.3) is 0 Å². The lowest BCUT2D eigenvalue weighted by molar-refractivity contribution is -0.148. The molecule has 1 unspecified atom stereocenters. The van der Waals surface area contributed by atoms with Crippen LogP contribution in [0.5, 0.6) is 0 Å². The number of carbonyl (C=O) groups is 1. The van der Waals surface area contributed by atoms with Gasteiger partial charge in [-0.05, 0) is 12.6 Å². The van der Waals surface area contributed by atoms with E-state index in [0.29, 0.717) is 13.2 Å². The van der Waals surface area contributed by atoms with Crippen LogP contribution in [0.4, 0.5) is 0 Å². The van der Waals surface area contributed by atoms with E-state index in [2.05, 4.69) is 5.32 Å². The van der Waals surface area contributed by atoms with Gasteiger partial charge in [-0.3, -0.25) is 4.79 Å². The molecule has 4 heteroatoms. The van der Waals surface area contributed by atoms with Crippen LogP contribution < -0.4 is 5.32 Å². The van der Waals surface area contributed by atoms with Crippen LogP contribution in [0.1, 0.15) is 5.56 Å². The van der Waals surface area contributed by atoms with E-state index >= 15 is 0 Å². The molecule has 0 aliphatic heterocycles. The fourth-order valence-electron chi connectivity index (χ4n) is 1.27. The molecule has 0 amide bonds. The minimum Gasteiger partial charge on any atom is -0.460 e. The van der Waals surface area contributed by atoms with E-state index in [1.165, 1.54) is 0 Å². The SMILES string of the molecule is CNC(COC)C(=O)OCc1ccccc1. The first-order valence-corrected chi connectivity index (χ1v) is 5.14. The van der Waals surface area contributed by atoms with Crippen LogP contribution in [0.3, 0.4) is 0 Å². The molecule has 0 spiro atoms. The van der Waals surface area contributed by atoms with Gasteiger partial charge in [-0.2, -0.15) is 0 Å². The summed E-state index contributed by atoms with van der Waals surface area (Å²) >= 11 is 0. The maximum absolute atomic E-state index is 11.6. The number of nitrogens with one attached hydrogen (secondary N) is 1. The van der Waals surface area contributed by atoms with Crippen LogP contribution in [0.2, 0.25) is 0 Å². The van der Waals surface area contributed by atoms with Gasteiger partial charge in [0.2, 0.25) is 0 Å². The van der Waals surface area contributed by atoms with Crippen LogP contribution in [-0.2, 0) is 20.9 Å². The van der Waals surface area contributed by atoms with Crippen molar-refractivity contribution in [3.8, 4) is 0 Å². The van der Waals surface area contributed by atoms with Gasteiger partial charge in [0, 0.05) is 7.11 Å². The number of likely N-dealkylation sites (N-methyl/N-ethyl adjacent to an activating group) is 1. The number of ether oxygens (including phenoxy) is 2. The maximum atomic E-state index is 11.6. The molecule has 1 aromatic rings. The quantitative estimate of drug-likeness (QED) is 0.730. The van der Waals surface area contributed by atoms with Crippen molar-refractivity contribution in [2.45, 2.75) is 12.6 Å². The molecule has 0 saturated carbocycles. The number of benzene rings is 1. The van der Waals surface area contributed by atoms with E-state index in [9.17, 15) is 4.79 Å². The molecule has 0 aromatic heterocycles. The summed E-state index contributed by atoms with van der Waals surface area (Å²) in [6.45, 7) is 0.603.